The Morgan fingerprint density at radius 3 is 1.11 bits per heavy atom. The Balaban J connectivity index is 0.000000222. The number of aliphatic hydroxyl groups is 1. The quantitative estimate of drug-likeness (QED) is 0.0510. The van der Waals surface area contributed by atoms with Gasteiger partial charge in [0.05, 0.1) is 100.0 Å². The number of carboxylic acids is 1. The third-order valence-corrected chi connectivity index (χ3v) is 15.0. The molecule has 3 aliphatic rings. The Kier molecular flexibility index (Phi) is 27.3. The molecule has 16 heteroatoms. The standard InChI is InChI=1S/C24H26O5.C23H24O5.C13H14O3.C11H14O3.CH4/c1-5-6-17(15-23(25)27-3)16-7-9-18(10-8-16)29-21-13-12-20-19(21)11-14-22(26-2)24(20)28-4;1-4-5-16(14-22(24)25)15-6-8-17(9-7-15)28-20-12-11-19-18(20)10-13-21(26-2)23(19)27-3;1-3-4-11(9-13(15)16-2)10-5-7-12(14)8-6-10;1-13-10-6-4-7-8(11(10)14-2)3-5-9(7)12;/h7-11,14,17,21H,12-13,15H2,1-4H3;6-10,13,16,20H,11-12,14H2,1-3H3,(H,24,25);5-8,11,14H,9H2,1-2H3;4,6,9,12H,3,5H2,1-2H3;1H4/t17-,21?;16-,20?;11-;;/m000../s1. The Bertz CT molecular complexity index is 3460. The van der Waals surface area contributed by atoms with Crippen LogP contribution in [0.4, 0.5) is 0 Å². The number of hydrogen-bond acceptors (Lipinski definition) is 15. The van der Waals surface area contributed by atoms with Gasteiger partial charge in [0, 0.05) is 16.7 Å². The van der Waals surface area contributed by atoms with Crippen LogP contribution in [0.1, 0.15) is 153 Å². The maximum absolute atomic E-state index is 11.6. The molecule has 3 aliphatic carbocycles. The molecule has 0 saturated heterocycles. The number of aliphatic carboxylic acids is 1. The first-order chi connectivity index (χ1) is 42.1. The Morgan fingerprint density at radius 1 is 0.455 bits per heavy atom. The number of aromatic hydroxyl groups is 1. The average molecular weight is 1200 g/mol. The van der Waals surface area contributed by atoms with Gasteiger partial charge in [0.15, 0.2) is 34.5 Å². The summed E-state index contributed by atoms with van der Waals surface area (Å²) in [7, 11) is 12.6. The highest BCUT2D eigenvalue weighted by Gasteiger charge is 2.31. The highest BCUT2D eigenvalue weighted by molar-refractivity contribution is 5.72. The van der Waals surface area contributed by atoms with Crippen molar-refractivity contribution in [1.29, 1.82) is 0 Å². The molecule has 6 aromatic rings. The number of carboxylic acid groups (broad SMARTS) is 1. The molecule has 88 heavy (non-hydrogen) atoms. The number of carbonyl (C=O) groups excluding carboxylic acids is 2. The van der Waals surface area contributed by atoms with Crippen molar-refractivity contribution in [2.45, 2.75) is 122 Å². The lowest BCUT2D eigenvalue weighted by Gasteiger charge is -2.17. The number of hydrogen-bond donors (Lipinski definition) is 3. The number of aliphatic hydroxyl groups excluding tert-OH is 1. The molecule has 0 fully saturated rings. The van der Waals surface area contributed by atoms with Gasteiger partial charge in [-0.3, -0.25) is 14.4 Å². The van der Waals surface area contributed by atoms with Gasteiger partial charge in [-0.05, 0) is 147 Å². The highest BCUT2D eigenvalue weighted by Crippen LogP contribution is 2.46. The number of benzene rings is 6. The molecule has 0 spiro atoms. The zero-order chi connectivity index (χ0) is 63.0. The molecule has 466 valence electrons. The monoisotopic (exact) mass is 1200 g/mol. The normalized spacial score (nSPS) is 15.2. The van der Waals surface area contributed by atoms with Crippen molar-refractivity contribution in [3.63, 3.8) is 0 Å². The Hall–Kier alpha value is -9.43. The lowest BCUT2D eigenvalue weighted by Crippen LogP contribution is -2.08. The minimum atomic E-state index is -0.861. The van der Waals surface area contributed by atoms with Gasteiger partial charge in [-0.2, -0.15) is 0 Å². The van der Waals surface area contributed by atoms with Gasteiger partial charge < -0.3 is 62.7 Å². The van der Waals surface area contributed by atoms with Crippen molar-refractivity contribution in [1.82, 2.24) is 0 Å². The molecule has 3 unspecified atom stereocenters. The second-order valence-electron chi connectivity index (χ2n) is 20.2. The van der Waals surface area contributed by atoms with Gasteiger partial charge in [-0.1, -0.05) is 79.8 Å². The number of esters is 2. The number of phenols is 1. The van der Waals surface area contributed by atoms with Crippen LogP contribution in [-0.2, 0) is 43.1 Å². The summed E-state index contributed by atoms with van der Waals surface area (Å²) < 4.78 is 54.2. The van der Waals surface area contributed by atoms with Gasteiger partial charge in [0.25, 0.3) is 0 Å². The fraction of sp³-hybridized carbons (Fsp3) is 0.375. The van der Waals surface area contributed by atoms with Crippen LogP contribution in [0.25, 0.3) is 0 Å². The minimum absolute atomic E-state index is 0. The van der Waals surface area contributed by atoms with Crippen LogP contribution in [0.2, 0.25) is 0 Å². The number of ether oxygens (including phenoxy) is 10. The van der Waals surface area contributed by atoms with Gasteiger partial charge in [-0.25, -0.2) is 0 Å². The average Bonchev–Trinajstić information content (AvgIpc) is 3.58. The van der Waals surface area contributed by atoms with E-state index in [-0.39, 0.29) is 80.4 Å². The maximum Gasteiger partial charge on any atom is 0.307 e. The topological polar surface area (TPSA) is 204 Å². The summed E-state index contributed by atoms with van der Waals surface area (Å²) in [5.41, 5.74) is 9.32. The molecule has 0 bridgehead atoms. The largest absolute Gasteiger partial charge is 0.508 e. The molecule has 0 aliphatic heterocycles. The van der Waals surface area contributed by atoms with Gasteiger partial charge in [-0.15, -0.1) is 17.8 Å². The molecule has 16 nitrogen and oxygen atoms in total. The minimum Gasteiger partial charge on any atom is -0.508 e. The second-order valence-corrected chi connectivity index (χ2v) is 20.2. The third-order valence-electron chi connectivity index (χ3n) is 15.0. The summed E-state index contributed by atoms with van der Waals surface area (Å²) in [6.07, 6.45) is 5.15. The number of carbonyl (C=O) groups is 3. The van der Waals surface area contributed by atoms with E-state index in [0.29, 0.717) is 0 Å². The van der Waals surface area contributed by atoms with E-state index in [1.807, 2.05) is 84.9 Å². The van der Waals surface area contributed by atoms with Crippen molar-refractivity contribution in [3.8, 4) is 87.3 Å². The lowest BCUT2D eigenvalue weighted by molar-refractivity contribution is -0.141. The molecule has 0 amide bonds. The molecule has 6 atom stereocenters. The van der Waals surface area contributed by atoms with Crippen molar-refractivity contribution in [2.24, 2.45) is 0 Å². The Labute approximate surface area is 518 Å². The van der Waals surface area contributed by atoms with E-state index in [4.69, 9.17) is 52.8 Å². The van der Waals surface area contributed by atoms with E-state index in [1.165, 1.54) is 14.2 Å². The molecule has 3 N–H and O–H groups in total. The van der Waals surface area contributed by atoms with Crippen LogP contribution in [0.3, 0.4) is 0 Å². The summed E-state index contributed by atoms with van der Waals surface area (Å²) in [5, 5.41) is 27.9. The van der Waals surface area contributed by atoms with Crippen molar-refractivity contribution < 1.29 is 77.1 Å². The molecular weight excluding hydrogens is 1120 g/mol. The third kappa shape index (κ3) is 18.1. The molecule has 0 saturated carbocycles. The van der Waals surface area contributed by atoms with E-state index >= 15 is 0 Å². The van der Waals surface area contributed by atoms with Gasteiger partial charge in [0.1, 0.15) is 29.5 Å². The number of phenolic OH excluding ortho intramolecular Hbond substituents is 1. The van der Waals surface area contributed by atoms with E-state index in [9.17, 15) is 19.5 Å². The Morgan fingerprint density at radius 2 is 0.784 bits per heavy atom. The van der Waals surface area contributed by atoms with Crippen molar-refractivity contribution in [2.75, 3.05) is 56.9 Å². The van der Waals surface area contributed by atoms with Gasteiger partial charge >= 0.3 is 17.9 Å². The zero-order valence-corrected chi connectivity index (χ0v) is 51.4. The van der Waals surface area contributed by atoms with Crippen LogP contribution >= 0.6 is 0 Å². The van der Waals surface area contributed by atoms with Gasteiger partial charge in [0.2, 0.25) is 0 Å². The number of rotatable bonds is 19. The van der Waals surface area contributed by atoms with E-state index in [2.05, 4.69) is 40.3 Å². The molecule has 0 heterocycles. The van der Waals surface area contributed by atoms with Crippen molar-refractivity contribution in [3.05, 3.63) is 159 Å². The van der Waals surface area contributed by atoms with E-state index < -0.39 is 5.97 Å². The van der Waals surface area contributed by atoms with Crippen LogP contribution in [0.15, 0.2) is 109 Å². The molecule has 6 aromatic carbocycles. The molecular formula is C72H82O16. The van der Waals surface area contributed by atoms with Crippen LogP contribution in [-0.4, -0.2) is 90.1 Å². The summed E-state index contributed by atoms with van der Waals surface area (Å²) in [6.45, 7) is 5.21. The summed E-state index contributed by atoms with van der Waals surface area (Å²) in [4.78, 5) is 33.9. The SMILES string of the molecule is C.CC#C[C@@H](CC(=O)O)c1ccc(OC2CCc3c2ccc(OC)c3OC)cc1.CC#C[C@@H](CC(=O)OC)c1ccc(O)cc1.CC#C[C@@H](CC(=O)OC)c1ccc(OC2CCc3c2ccc(OC)c3OC)cc1.COc1ccc2c(c1OC)CCC2O. The summed E-state index contributed by atoms with van der Waals surface area (Å²) >= 11 is 0. The number of fused-ring (bicyclic) bond motifs is 3. The summed E-state index contributed by atoms with van der Waals surface area (Å²) in [6, 6.07) is 33.6. The van der Waals surface area contributed by atoms with Crippen LogP contribution < -0.4 is 37.9 Å². The first kappa shape index (κ1) is 69.3. The zero-order valence-electron chi connectivity index (χ0n) is 51.4. The first-order valence-corrected chi connectivity index (χ1v) is 28.5. The predicted molar refractivity (Wildman–Crippen MR) is 337 cm³/mol. The first-order valence-electron chi connectivity index (χ1n) is 28.5. The number of methoxy groups -OCH3 is 8. The lowest BCUT2D eigenvalue weighted by atomic mass is 9.96. The predicted octanol–water partition coefficient (Wildman–Crippen LogP) is 13.2. The molecule has 0 aromatic heterocycles. The summed E-state index contributed by atoms with van der Waals surface area (Å²) in [5.74, 6) is 21.6. The van der Waals surface area contributed by atoms with Crippen LogP contribution in [0.5, 0.6) is 51.7 Å². The van der Waals surface area contributed by atoms with E-state index in [0.717, 1.165) is 135 Å². The van der Waals surface area contributed by atoms with Crippen molar-refractivity contribution >= 4 is 17.9 Å². The molecule has 9 rings (SSSR count). The maximum atomic E-state index is 11.6. The smallest absolute Gasteiger partial charge is 0.307 e. The second kappa shape index (κ2) is 34.6. The fourth-order valence-corrected chi connectivity index (χ4v) is 10.8. The molecule has 0 radical (unpaired) electrons. The highest BCUT2D eigenvalue weighted by atomic mass is 16.5. The fourth-order valence-electron chi connectivity index (χ4n) is 10.8. The van der Waals surface area contributed by atoms with E-state index in [1.54, 1.807) is 87.7 Å². The van der Waals surface area contributed by atoms with Crippen LogP contribution in [0, 0.1) is 35.5 Å².